The van der Waals surface area contributed by atoms with Gasteiger partial charge in [0.15, 0.2) is 0 Å². The first-order valence-corrected chi connectivity index (χ1v) is 1.41. The van der Waals surface area contributed by atoms with E-state index >= 15 is 0 Å². The summed E-state index contributed by atoms with van der Waals surface area (Å²) in [4.78, 5) is 0. The van der Waals surface area contributed by atoms with E-state index in [0.717, 1.165) is 0 Å². The molecule has 0 rings (SSSR count). The Bertz CT molecular complexity index is 31.2. The van der Waals surface area contributed by atoms with E-state index in [4.69, 9.17) is 30.1 Å². The quantitative estimate of drug-likeness (QED) is 0.406. The minimum Gasteiger partial charge on any atom is -0.907 e. The molecular formula is AlB2NdO6. The summed E-state index contributed by atoms with van der Waals surface area (Å²) in [5.74, 6) is 0. The average molecular weight is 289 g/mol. The van der Waals surface area contributed by atoms with E-state index < -0.39 is 14.6 Å². The van der Waals surface area contributed by atoms with Gasteiger partial charge in [-0.2, -0.15) is 0 Å². The van der Waals surface area contributed by atoms with Crippen molar-refractivity contribution in [2.45, 2.75) is 0 Å². The van der Waals surface area contributed by atoms with Gasteiger partial charge in [0.1, 0.15) is 0 Å². The smallest absolute Gasteiger partial charge is 0.907 e. The second-order valence-corrected chi connectivity index (χ2v) is 0.577. The van der Waals surface area contributed by atoms with E-state index in [1.807, 2.05) is 0 Å². The van der Waals surface area contributed by atoms with Crippen LogP contribution in [-0.2, 0) is 0 Å². The molecule has 0 heterocycles. The molecule has 0 saturated carbocycles. The van der Waals surface area contributed by atoms with E-state index in [1.165, 1.54) is 0 Å². The molecule has 0 atom stereocenters. The van der Waals surface area contributed by atoms with Crippen molar-refractivity contribution in [3.05, 3.63) is 0 Å². The Morgan fingerprint density at radius 2 is 0.600 bits per heavy atom. The van der Waals surface area contributed by atoms with Crippen LogP contribution in [0.5, 0.6) is 0 Å². The molecule has 0 aliphatic carbocycles. The minimum absolute atomic E-state index is 0. The summed E-state index contributed by atoms with van der Waals surface area (Å²) in [6.07, 6.45) is 0. The molecule has 10 heteroatoms. The van der Waals surface area contributed by atoms with Crippen LogP contribution in [0.15, 0.2) is 0 Å². The Morgan fingerprint density at radius 3 is 0.600 bits per heavy atom. The zero-order valence-electron chi connectivity index (χ0n) is 4.68. The van der Waals surface area contributed by atoms with E-state index in [0.29, 0.717) is 0 Å². The first kappa shape index (κ1) is 22.6. The van der Waals surface area contributed by atoms with Crippen molar-refractivity contribution < 1.29 is 71.0 Å². The van der Waals surface area contributed by atoms with Crippen LogP contribution >= 0.6 is 0 Å². The van der Waals surface area contributed by atoms with Crippen LogP contribution in [0.3, 0.4) is 0 Å². The topological polar surface area (TPSA) is 138 Å². The SMILES string of the molecule is [Al+3].[Nd+3].[O-]B([O-])[O-].[O-]B([O-])[O-]. The zero-order valence-corrected chi connectivity index (χ0v) is 9.04. The molecule has 0 fully saturated rings. The van der Waals surface area contributed by atoms with Crippen molar-refractivity contribution in [3.63, 3.8) is 0 Å². The summed E-state index contributed by atoms with van der Waals surface area (Å²) in [6, 6.07) is 0. The predicted octanol–water partition coefficient (Wildman–Crippen LogP) is -8.28. The maximum Gasteiger partial charge on any atom is 3.00 e. The van der Waals surface area contributed by atoms with Gasteiger partial charge in [0.05, 0.1) is 0 Å². The molecule has 0 aromatic carbocycles. The molecule has 0 aromatic heterocycles. The molecular weight excluding hydrogens is 289 g/mol. The van der Waals surface area contributed by atoms with Crippen LogP contribution in [0.2, 0.25) is 0 Å². The van der Waals surface area contributed by atoms with Gasteiger partial charge in [-0.15, -0.1) is 0 Å². The molecule has 10 heavy (non-hydrogen) atoms. The molecule has 0 bridgehead atoms. The molecule has 6 nitrogen and oxygen atoms in total. The summed E-state index contributed by atoms with van der Waals surface area (Å²) >= 11 is 0. The first-order chi connectivity index (χ1) is 3.46. The predicted molar refractivity (Wildman–Crippen MR) is 17.3 cm³/mol. The number of hydrogen-bond donors (Lipinski definition) is 0. The fourth-order valence-electron chi connectivity index (χ4n) is 0. The largest absolute Gasteiger partial charge is 3.00 e. The van der Waals surface area contributed by atoms with Crippen LogP contribution in [-0.4, -0.2) is 32.0 Å². The van der Waals surface area contributed by atoms with Crippen molar-refractivity contribution in [1.82, 2.24) is 0 Å². The minimum atomic E-state index is -2.92. The van der Waals surface area contributed by atoms with Gasteiger partial charge < -0.3 is 30.1 Å². The van der Waals surface area contributed by atoms with Gasteiger partial charge in [0.25, 0.3) is 0 Å². The Labute approximate surface area is 102 Å². The van der Waals surface area contributed by atoms with Crippen LogP contribution in [0.1, 0.15) is 0 Å². The van der Waals surface area contributed by atoms with Gasteiger partial charge >= 0.3 is 58.2 Å². The number of rotatable bonds is 0. The van der Waals surface area contributed by atoms with Crippen LogP contribution in [0.4, 0.5) is 0 Å². The van der Waals surface area contributed by atoms with Crippen molar-refractivity contribution in [1.29, 1.82) is 0 Å². The van der Waals surface area contributed by atoms with Crippen molar-refractivity contribution >= 4 is 32.0 Å². The molecule has 0 spiro atoms. The van der Waals surface area contributed by atoms with E-state index in [-0.39, 0.29) is 58.2 Å². The maximum atomic E-state index is 8.42. The molecule has 0 saturated heterocycles. The molecule has 0 N–H and O–H groups in total. The summed E-state index contributed by atoms with van der Waals surface area (Å²) in [6.45, 7) is 0. The summed E-state index contributed by atoms with van der Waals surface area (Å²) in [5, 5.41) is 50.5. The molecule has 1 radical (unpaired) electrons. The third-order valence-corrected chi connectivity index (χ3v) is 0. The Hall–Kier alpha value is 1.77. The van der Waals surface area contributed by atoms with Crippen molar-refractivity contribution in [3.8, 4) is 0 Å². The monoisotopic (exact) mass is 287 g/mol. The van der Waals surface area contributed by atoms with Crippen molar-refractivity contribution in [2.75, 3.05) is 0 Å². The van der Waals surface area contributed by atoms with E-state index in [1.54, 1.807) is 0 Å². The second kappa shape index (κ2) is 17.0. The molecule has 49 valence electrons. The average Bonchev–Trinajstić information content (AvgIpc) is 1.25. The summed E-state index contributed by atoms with van der Waals surface area (Å²) < 4.78 is 0. The summed E-state index contributed by atoms with van der Waals surface area (Å²) in [5.41, 5.74) is 0. The summed E-state index contributed by atoms with van der Waals surface area (Å²) in [7, 11) is -5.83. The zero-order chi connectivity index (χ0) is 7.15. The van der Waals surface area contributed by atoms with Crippen LogP contribution in [0.25, 0.3) is 0 Å². The van der Waals surface area contributed by atoms with Crippen LogP contribution < -0.4 is 30.1 Å². The van der Waals surface area contributed by atoms with Gasteiger partial charge in [-0.1, -0.05) is 0 Å². The Morgan fingerprint density at radius 1 is 0.600 bits per heavy atom. The molecule has 0 aliphatic rings. The Balaban J connectivity index is -0.0000000300. The third-order valence-electron chi connectivity index (χ3n) is 0. The van der Waals surface area contributed by atoms with E-state index in [9.17, 15) is 0 Å². The fraction of sp³-hybridized carbons (Fsp3) is 0. The standard InChI is InChI=1S/Al.2BO3.Nd/c;2*2-1(3)4;/q+3;2*-3;+3. The second-order valence-electron chi connectivity index (χ2n) is 0.577. The van der Waals surface area contributed by atoms with Gasteiger partial charge in [0, 0.05) is 0 Å². The fourth-order valence-corrected chi connectivity index (χ4v) is 0. The van der Waals surface area contributed by atoms with Gasteiger partial charge in [-0.05, 0) is 0 Å². The van der Waals surface area contributed by atoms with E-state index in [2.05, 4.69) is 0 Å². The number of hydrogen-bond acceptors (Lipinski definition) is 6. The normalized spacial score (nSPS) is 5.40. The Kier molecular flexibility index (Phi) is 38.5. The first-order valence-electron chi connectivity index (χ1n) is 1.41. The van der Waals surface area contributed by atoms with Gasteiger partial charge in [0.2, 0.25) is 0 Å². The molecule has 0 aliphatic heterocycles. The molecule has 0 unspecified atom stereocenters. The van der Waals surface area contributed by atoms with Gasteiger partial charge in [-0.3, -0.25) is 14.6 Å². The van der Waals surface area contributed by atoms with Crippen LogP contribution in [0, 0.1) is 40.8 Å². The molecule has 0 aromatic rings. The third kappa shape index (κ3) is 239. The maximum absolute atomic E-state index is 8.42. The van der Waals surface area contributed by atoms with Crippen molar-refractivity contribution in [2.24, 2.45) is 0 Å². The molecule has 0 amide bonds. The van der Waals surface area contributed by atoms with Gasteiger partial charge in [-0.25, -0.2) is 0 Å².